The standard InChI is InChI=1S/C20H23NO7/c1-13(23)21-12-16(15-4-2-3-5-17(15)21)14-10-18(20(24)25)28-19(11-14)27-9-8-26-7-6-22/h2-5,10,12,14,19,22H,6-9,11H2,1H3,(H,24,25)/t14-,19+/m1/s1. The van der Waals surface area contributed by atoms with Gasteiger partial charge in [-0.1, -0.05) is 18.2 Å². The summed E-state index contributed by atoms with van der Waals surface area (Å²) in [4.78, 5) is 23.5. The van der Waals surface area contributed by atoms with Crippen LogP contribution in [0.15, 0.2) is 42.3 Å². The second-order valence-corrected chi connectivity index (χ2v) is 6.42. The lowest BCUT2D eigenvalue weighted by Crippen LogP contribution is -2.28. The van der Waals surface area contributed by atoms with Crippen LogP contribution in [0.25, 0.3) is 10.9 Å². The third kappa shape index (κ3) is 4.41. The zero-order valence-corrected chi connectivity index (χ0v) is 15.5. The Kier molecular flexibility index (Phi) is 6.45. The summed E-state index contributed by atoms with van der Waals surface area (Å²) in [7, 11) is 0. The average Bonchev–Trinajstić information content (AvgIpc) is 3.07. The third-order valence-electron chi connectivity index (χ3n) is 4.52. The quantitative estimate of drug-likeness (QED) is 0.666. The van der Waals surface area contributed by atoms with Crippen LogP contribution in [0.1, 0.15) is 29.6 Å². The van der Waals surface area contributed by atoms with Crippen LogP contribution >= 0.6 is 0 Å². The first-order valence-electron chi connectivity index (χ1n) is 9.04. The number of aliphatic hydroxyl groups is 1. The molecule has 0 aliphatic carbocycles. The molecule has 2 N–H and O–H groups in total. The fourth-order valence-electron chi connectivity index (χ4n) is 3.29. The molecule has 0 saturated carbocycles. The highest BCUT2D eigenvalue weighted by Crippen LogP contribution is 2.36. The van der Waals surface area contributed by atoms with Gasteiger partial charge >= 0.3 is 5.97 Å². The van der Waals surface area contributed by atoms with Crippen LogP contribution in [0.5, 0.6) is 0 Å². The van der Waals surface area contributed by atoms with Gasteiger partial charge in [0.1, 0.15) is 0 Å². The molecule has 2 atom stereocenters. The highest BCUT2D eigenvalue weighted by atomic mass is 16.7. The number of carboxylic acid groups (broad SMARTS) is 1. The number of allylic oxidation sites excluding steroid dienone is 1. The second kappa shape index (κ2) is 9.01. The SMILES string of the molecule is CC(=O)n1cc([C@@H]2C=C(C(=O)O)O[C@H](OCCOCCO)C2)c2ccccc21. The number of nitrogens with zero attached hydrogens (tertiary/aromatic N) is 1. The predicted octanol–water partition coefficient (Wildman–Crippen LogP) is 2.13. The lowest BCUT2D eigenvalue weighted by Gasteiger charge is -2.28. The Balaban J connectivity index is 1.85. The van der Waals surface area contributed by atoms with Crippen molar-refractivity contribution in [2.75, 3.05) is 26.4 Å². The van der Waals surface area contributed by atoms with Gasteiger partial charge in [-0.2, -0.15) is 0 Å². The monoisotopic (exact) mass is 389 g/mol. The molecule has 2 heterocycles. The molecule has 0 bridgehead atoms. The number of ether oxygens (including phenoxy) is 3. The Morgan fingerprint density at radius 3 is 2.75 bits per heavy atom. The molecule has 1 aromatic carbocycles. The number of carboxylic acids is 1. The highest BCUT2D eigenvalue weighted by Gasteiger charge is 2.30. The van der Waals surface area contributed by atoms with Crippen molar-refractivity contribution in [1.82, 2.24) is 4.57 Å². The van der Waals surface area contributed by atoms with E-state index in [9.17, 15) is 14.7 Å². The Bertz CT molecular complexity index is 886. The summed E-state index contributed by atoms with van der Waals surface area (Å²) in [5, 5.41) is 19.0. The van der Waals surface area contributed by atoms with Gasteiger partial charge in [0.25, 0.3) is 0 Å². The van der Waals surface area contributed by atoms with Crippen LogP contribution in [0.2, 0.25) is 0 Å². The first kappa shape index (κ1) is 20.1. The number of carbonyl (C=O) groups is 2. The van der Waals surface area contributed by atoms with E-state index in [-0.39, 0.29) is 44.0 Å². The molecule has 3 rings (SSSR count). The van der Waals surface area contributed by atoms with E-state index >= 15 is 0 Å². The number of para-hydroxylation sites is 1. The molecule has 0 spiro atoms. The number of rotatable bonds is 8. The number of aromatic nitrogens is 1. The van der Waals surface area contributed by atoms with Crippen LogP contribution < -0.4 is 0 Å². The number of aliphatic carboxylic acids is 1. The topological polar surface area (TPSA) is 107 Å². The molecule has 150 valence electrons. The van der Waals surface area contributed by atoms with Crippen molar-refractivity contribution < 1.29 is 34.0 Å². The molecule has 0 radical (unpaired) electrons. The molecule has 8 heteroatoms. The van der Waals surface area contributed by atoms with Crippen molar-refractivity contribution in [2.45, 2.75) is 25.6 Å². The van der Waals surface area contributed by atoms with Crippen molar-refractivity contribution in [2.24, 2.45) is 0 Å². The predicted molar refractivity (Wildman–Crippen MR) is 100 cm³/mol. The summed E-state index contributed by atoms with van der Waals surface area (Å²) in [6.07, 6.45) is 2.96. The molecule has 8 nitrogen and oxygen atoms in total. The zero-order valence-electron chi connectivity index (χ0n) is 15.5. The Hall–Kier alpha value is -2.68. The van der Waals surface area contributed by atoms with Crippen molar-refractivity contribution >= 4 is 22.8 Å². The molecule has 0 fully saturated rings. The van der Waals surface area contributed by atoms with E-state index in [2.05, 4.69) is 0 Å². The summed E-state index contributed by atoms with van der Waals surface area (Å²) in [5.41, 5.74) is 1.62. The number of benzene rings is 1. The van der Waals surface area contributed by atoms with Gasteiger partial charge in [0, 0.05) is 30.8 Å². The number of hydrogen-bond donors (Lipinski definition) is 2. The fourth-order valence-corrected chi connectivity index (χ4v) is 3.29. The van der Waals surface area contributed by atoms with E-state index in [1.54, 1.807) is 16.8 Å². The Morgan fingerprint density at radius 1 is 1.25 bits per heavy atom. The molecular formula is C20H23NO7. The maximum absolute atomic E-state index is 12.0. The van der Waals surface area contributed by atoms with E-state index in [0.717, 1.165) is 16.5 Å². The molecular weight excluding hydrogens is 366 g/mol. The first-order chi connectivity index (χ1) is 13.5. The van der Waals surface area contributed by atoms with Gasteiger partial charge in [-0.05, 0) is 17.7 Å². The molecule has 1 aromatic heterocycles. The smallest absolute Gasteiger partial charge is 0.370 e. The Morgan fingerprint density at radius 2 is 2.04 bits per heavy atom. The minimum atomic E-state index is -1.18. The van der Waals surface area contributed by atoms with Crippen LogP contribution in [0.3, 0.4) is 0 Å². The summed E-state index contributed by atoms with van der Waals surface area (Å²) in [6.45, 7) is 2.09. The molecule has 0 unspecified atom stereocenters. The van der Waals surface area contributed by atoms with Gasteiger partial charge in [0.2, 0.25) is 18.0 Å². The van der Waals surface area contributed by atoms with Gasteiger partial charge in [-0.15, -0.1) is 0 Å². The van der Waals surface area contributed by atoms with Crippen LogP contribution in [-0.2, 0) is 19.0 Å². The van der Waals surface area contributed by atoms with Gasteiger partial charge in [-0.3, -0.25) is 9.36 Å². The molecule has 28 heavy (non-hydrogen) atoms. The minimum absolute atomic E-state index is 0.0753. The van der Waals surface area contributed by atoms with Crippen LogP contribution in [0.4, 0.5) is 0 Å². The normalized spacial score (nSPS) is 19.3. The molecule has 0 saturated heterocycles. The maximum Gasteiger partial charge on any atom is 0.370 e. The minimum Gasteiger partial charge on any atom is -0.475 e. The highest BCUT2D eigenvalue weighted by molar-refractivity contribution is 5.94. The largest absolute Gasteiger partial charge is 0.475 e. The summed E-state index contributed by atoms with van der Waals surface area (Å²) in [5.74, 6) is -1.76. The molecule has 0 amide bonds. The molecule has 1 aliphatic heterocycles. The van der Waals surface area contributed by atoms with Crippen molar-refractivity contribution in [3.8, 4) is 0 Å². The summed E-state index contributed by atoms with van der Waals surface area (Å²) < 4.78 is 17.8. The zero-order chi connectivity index (χ0) is 20.1. The first-order valence-corrected chi connectivity index (χ1v) is 9.04. The van der Waals surface area contributed by atoms with Crippen LogP contribution in [-0.4, -0.2) is 59.4 Å². The van der Waals surface area contributed by atoms with Gasteiger partial charge in [-0.25, -0.2) is 4.79 Å². The number of carbonyl (C=O) groups excluding carboxylic acids is 1. The second-order valence-electron chi connectivity index (χ2n) is 6.42. The summed E-state index contributed by atoms with van der Waals surface area (Å²) in [6, 6.07) is 7.50. The third-order valence-corrected chi connectivity index (χ3v) is 4.52. The van der Waals surface area contributed by atoms with Crippen molar-refractivity contribution in [1.29, 1.82) is 0 Å². The van der Waals surface area contributed by atoms with E-state index in [0.29, 0.717) is 6.42 Å². The van der Waals surface area contributed by atoms with E-state index in [1.165, 1.54) is 6.92 Å². The van der Waals surface area contributed by atoms with E-state index in [4.69, 9.17) is 19.3 Å². The number of fused-ring (bicyclic) bond motifs is 1. The number of hydrogen-bond acceptors (Lipinski definition) is 6. The van der Waals surface area contributed by atoms with Gasteiger partial charge in [0.05, 0.1) is 31.9 Å². The van der Waals surface area contributed by atoms with E-state index in [1.807, 2.05) is 24.3 Å². The fraction of sp³-hybridized carbons (Fsp3) is 0.400. The van der Waals surface area contributed by atoms with Gasteiger partial charge < -0.3 is 24.4 Å². The average molecular weight is 389 g/mol. The maximum atomic E-state index is 12.0. The Labute approximate surface area is 161 Å². The van der Waals surface area contributed by atoms with Crippen molar-refractivity contribution in [3.05, 3.63) is 47.9 Å². The molecule has 2 aromatic rings. The number of aliphatic hydroxyl groups excluding tert-OH is 1. The molecule has 1 aliphatic rings. The lowest BCUT2D eigenvalue weighted by atomic mass is 9.92. The van der Waals surface area contributed by atoms with E-state index < -0.39 is 12.3 Å². The van der Waals surface area contributed by atoms with Crippen molar-refractivity contribution in [3.63, 3.8) is 0 Å². The van der Waals surface area contributed by atoms with Crippen LogP contribution in [0, 0.1) is 0 Å². The lowest BCUT2D eigenvalue weighted by molar-refractivity contribution is -0.160. The summed E-state index contributed by atoms with van der Waals surface area (Å²) >= 11 is 0. The van der Waals surface area contributed by atoms with Gasteiger partial charge in [0.15, 0.2) is 0 Å².